The Morgan fingerprint density at radius 3 is 2.32 bits per heavy atom. The highest BCUT2D eigenvalue weighted by Gasteiger charge is 2.12. The van der Waals surface area contributed by atoms with E-state index < -0.39 is 0 Å². The Labute approximate surface area is 114 Å². The van der Waals surface area contributed by atoms with Crippen molar-refractivity contribution < 1.29 is 19.4 Å². The van der Waals surface area contributed by atoms with Crippen molar-refractivity contribution in [3.8, 4) is 0 Å². The van der Waals surface area contributed by atoms with Gasteiger partial charge in [-0.2, -0.15) is 0 Å². The predicted molar refractivity (Wildman–Crippen MR) is 72.5 cm³/mol. The van der Waals surface area contributed by atoms with Crippen molar-refractivity contribution in [3.05, 3.63) is 0 Å². The highest BCUT2D eigenvalue weighted by Crippen LogP contribution is 1.96. The van der Waals surface area contributed by atoms with E-state index in [1.54, 1.807) is 6.92 Å². The molecule has 0 aromatic heterocycles. The van der Waals surface area contributed by atoms with Crippen molar-refractivity contribution in [1.29, 1.82) is 0 Å². The summed E-state index contributed by atoms with van der Waals surface area (Å²) in [5, 5.41) is 14.0. The highest BCUT2D eigenvalue weighted by molar-refractivity contribution is 5.78. The first-order chi connectivity index (χ1) is 8.99. The van der Waals surface area contributed by atoms with Gasteiger partial charge in [0.1, 0.15) is 0 Å². The van der Waals surface area contributed by atoms with Gasteiger partial charge in [0.15, 0.2) is 0 Å². The van der Waals surface area contributed by atoms with E-state index in [4.69, 9.17) is 9.84 Å². The Hall–Kier alpha value is -1.14. The number of aliphatic hydroxyl groups excluding tert-OH is 1. The summed E-state index contributed by atoms with van der Waals surface area (Å²) in [6.45, 7) is 7.15. The summed E-state index contributed by atoms with van der Waals surface area (Å²) in [6.07, 6.45) is 0.556. The first-order valence-electron chi connectivity index (χ1n) is 6.73. The number of carbonyl (C=O) groups is 2. The molecule has 0 spiro atoms. The third-order valence-electron chi connectivity index (χ3n) is 2.52. The van der Waals surface area contributed by atoms with Gasteiger partial charge in [-0.1, -0.05) is 20.8 Å². The molecule has 0 bridgehead atoms. The van der Waals surface area contributed by atoms with E-state index in [2.05, 4.69) is 10.6 Å². The average Bonchev–Trinajstić information content (AvgIpc) is 2.37. The number of ether oxygens (including phenoxy) is 1. The molecule has 0 saturated carbocycles. The topological polar surface area (TPSA) is 87.7 Å². The molecule has 1 unspecified atom stereocenters. The van der Waals surface area contributed by atoms with Crippen LogP contribution in [0.5, 0.6) is 0 Å². The number of nitrogens with one attached hydrogen (secondary N) is 2. The van der Waals surface area contributed by atoms with E-state index in [-0.39, 0.29) is 30.3 Å². The molecular weight excluding hydrogens is 248 g/mol. The van der Waals surface area contributed by atoms with Crippen LogP contribution in [0, 0.1) is 11.8 Å². The van der Waals surface area contributed by atoms with E-state index >= 15 is 0 Å². The summed E-state index contributed by atoms with van der Waals surface area (Å²) >= 11 is 0. The zero-order chi connectivity index (χ0) is 14.7. The quantitative estimate of drug-likeness (QED) is 0.486. The van der Waals surface area contributed by atoms with Gasteiger partial charge in [0.25, 0.3) is 0 Å². The molecule has 0 aliphatic heterocycles. The fourth-order valence-corrected chi connectivity index (χ4v) is 1.25. The van der Waals surface area contributed by atoms with Crippen LogP contribution >= 0.6 is 0 Å². The lowest BCUT2D eigenvalue weighted by Gasteiger charge is -2.13. The van der Waals surface area contributed by atoms with E-state index in [0.717, 1.165) is 0 Å². The lowest BCUT2D eigenvalue weighted by molar-refractivity contribution is -0.127. The molecule has 0 heterocycles. The third kappa shape index (κ3) is 9.44. The normalized spacial score (nSPS) is 12.3. The Morgan fingerprint density at radius 1 is 1.11 bits per heavy atom. The summed E-state index contributed by atoms with van der Waals surface area (Å²) in [4.78, 5) is 22.8. The SMILES string of the molecule is CC(C)C(=O)NCCOCC(C)C(=O)NCCCO. The summed E-state index contributed by atoms with van der Waals surface area (Å²) in [6, 6.07) is 0. The van der Waals surface area contributed by atoms with Gasteiger partial charge >= 0.3 is 0 Å². The van der Waals surface area contributed by atoms with Crippen LogP contribution in [0.15, 0.2) is 0 Å². The molecule has 6 nitrogen and oxygen atoms in total. The van der Waals surface area contributed by atoms with E-state index in [0.29, 0.717) is 32.7 Å². The lowest BCUT2D eigenvalue weighted by atomic mass is 10.2. The number of aliphatic hydroxyl groups is 1. The monoisotopic (exact) mass is 274 g/mol. The predicted octanol–water partition coefficient (Wildman–Crippen LogP) is -0.0901. The second-order valence-corrected chi connectivity index (χ2v) is 4.79. The molecule has 0 radical (unpaired) electrons. The number of hydrogen-bond donors (Lipinski definition) is 3. The molecule has 0 aromatic rings. The molecule has 2 amide bonds. The van der Waals surface area contributed by atoms with Crippen LogP contribution < -0.4 is 10.6 Å². The summed E-state index contributed by atoms with van der Waals surface area (Å²) in [7, 11) is 0. The Kier molecular flexibility index (Phi) is 10.1. The molecule has 1 atom stereocenters. The minimum absolute atomic E-state index is 0.00149. The summed E-state index contributed by atoms with van der Waals surface area (Å²) in [5.41, 5.74) is 0. The van der Waals surface area contributed by atoms with Crippen LogP contribution in [0.4, 0.5) is 0 Å². The van der Waals surface area contributed by atoms with Gasteiger partial charge in [-0.15, -0.1) is 0 Å². The molecule has 3 N–H and O–H groups in total. The minimum atomic E-state index is -0.237. The van der Waals surface area contributed by atoms with Gasteiger partial charge < -0.3 is 20.5 Å². The van der Waals surface area contributed by atoms with Crippen LogP contribution in [-0.2, 0) is 14.3 Å². The Balaban J connectivity index is 3.54. The molecule has 0 aliphatic carbocycles. The number of hydrogen-bond acceptors (Lipinski definition) is 4. The van der Waals surface area contributed by atoms with Crippen molar-refractivity contribution in [2.75, 3.05) is 32.9 Å². The first kappa shape index (κ1) is 17.9. The van der Waals surface area contributed by atoms with Gasteiger partial charge in [0.05, 0.1) is 19.1 Å². The van der Waals surface area contributed by atoms with E-state index in [1.165, 1.54) is 0 Å². The maximum atomic E-state index is 11.5. The smallest absolute Gasteiger partial charge is 0.225 e. The largest absolute Gasteiger partial charge is 0.396 e. The molecule has 112 valence electrons. The number of amides is 2. The van der Waals surface area contributed by atoms with Gasteiger partial charge in [0.2, 0.25) is 11.8 Å². The standard InChI is InChI=1S/C13H26N2O4/c1-10(2)12(17)15-6-8-19-9-11(3)13(18)14-5-4-7-16/h10-11,16H,4-9H2,1-3H3,(H,14,18)(H,15,17). The molecule has 0 saturated heterocycles. The molecular formula is C13H26N2O4. The maximum Gasteiger partial charge on any atom is 0.225 e. The van der Waals surface area contributed by atoms with E-state index in [9.17, 15) is 9.59 Å². The molecule has 0 aromatic carbocycles. The van der Waals surface area contributed by atoms with Gasteiger partial charge in [0, 0.05) is 25.6 Å². The van der Waals surface area contributed by atoms with Gasteiger partial charge in [-0.05, 0) is 6.42 Å². The summed E-state index contributed by atoms with van der Waals surface area (Å²) < 4.78 is 5.33. The van der Waals surface area contributed by atoms with Crippen LogP contribution in [0.2, 0.25) is 0 Å². The Morgan fingerprint density at radius 2 is 1.74 bits per heavy atom. The zero-order valence-electron chi connectivity index (χ0n) is 12.1. The van der Waals surface area contributed by atoms with Gasteiger partial charge in [-0.3, -0.25) is 9.59 Å². The molecule has 0 fully saturated rings. The van der Waals surface area contributed by atoms with Crippen LogP contribution in [0.25, 0.3) is 0 Å². The number of carbonyl (C=O) groups excluding carboxylic acids is 2. The molecule has 0 rings (SSSR count). The van der Waals surface area contributed by atoms with Crippen LogP contribution in [0.1, 0.15) is 27.2 Å². The number of rotatable bonds is 10. The van der Waals surface area contributed by atoms with Crippen LogP contribution in [0.3, 0.4) is 0 Å². The minimum Gasteiger partial charge on any atom is -0.396 e. The van der Waals surface area contributed by atoms with Crippen molar-refractivity contribution in [2.45, 2.75) is 27.2 Å². The fourth-order valence-electron chi connectivity index (χ4n) is 1.25. The van der Waals surface area contributed by atoms with Crippen molar-refractivity contribution in [2.24, 2.45) is 11.8 Å². The second-order valence-electron chi connectivity index (χ2n) is 4.79. The average molecular weight is 274 g/mol. The fraction of sp³-hybridized carbons (Fsp3) is 0.846. The van der Waals surface area contributed by atoms with Gasteiger partial charge in [-0.25, -0.2) is 0 Å². The van der Waals surface area contributed by atoms with Crippen molar-refractivity contribution >= 4 is 11.8 Å². The molecule has 6 heteroatoms. The summed E-state index contributed by atoms with van der Waals surface area (Å²) in [5.74, 6) is -0.353. The second kappa shape index (κ2) is 10.8. The lowest BCUT2D eigenvalue weighted by Crippen LogP contribution is -2.34. The molecule has 0 aliphatic rings. The Bertz CT molecular complexity index is 269. The van der Waals surface area contributed by atoms with Crippen LogP contribution in [-0.4, -0.2) is 49.8 Å². The maximum absolute atomic E-state index is 11.5. The first-order valence-corrected chi connectivity index (χ1v) is 6.73. The zero-order valence-corrected chi connectivity index (χ0v) is 12.1. The highest BCUT2D eigenvalue weighted by atomic mass is 16.5. The van der Waals surface area contributed by atoms with Crippen molar-refractivity contribution in [1.82, 2.24) is 10.6 Å². The van der Waals surface area contributed by atoms with Crippen molar-refractivity contribution in [3.63, 3.8) is 0 Å². The molecule has 19 heavy (non-hydrogen) atoms. The third-order valence-corrected chi connectivity index (χ3v) is 2.52. The van der Waals surface area contributed by atoms with E-state index in [1.807, 2.05) is 13.8 Å².